The number of nitro benzene ring substituents is 1. The fraction of sp³-hybridized carbons (Fsp3) is 0.600. The van der Waals surface area contributed by atoms with E-state index in [-0.39, 0.29) is 28.7 Å². The number of benzene rings is 1. The molecule has 2 N–H and O–H groups in total. The van der Waals surface area contributed by atoms with Crippen molar-refractivity contribution in [2.24, 2.45) is 5.41 Å². The van der Waals surface area contributed by atoms with E-state index in [9.17, 15) is 10.1 Å². The van der Waals surface area contributed by atoms with E-state index in [0.717, 1.165) is 19.4 Å². The lowest BCUT2D eigenvalue weighted by atomic mass is 9.87. The van der Waals surface area contributed by atoms with Gasteiger partial charge in [0.05, 0.1) is 4.92 Å². The molecule has 112 valence electrons. The monoisotopic (exact) mass is 280 g/mol. The van der Waals surface area contributed by atoms with Crippen molar-refractivity contribution in [3.05, 3.63) is 39.9 Å². The van der Waals surface area contributed by atoms with Gasteiger partial charge in [-0.3, -0.25) is 10.1 Å². The zero-order valence-corrected chi connectivity index (χ0v) is 12.4. The smallest absolute Gasteiger partial charge is 0.274 e. The summed E-state index contributed by atoms with van der Waals surface area (Å²) in [4.78, 5) is 10.7. The maximum atomic E-state index is 11.0. The highest BCUT2D eigenvalue weighted by Crippen LogP contribution is 2.26. The highest BCUT2D eigenvalue weighted by molar-refractivity contribution is 5.41. The van der Waals surface area contributed by atoms with Crippen LogP contribution in [0.2, 0.25) is 0 Å². The Labute approximate surface area is 120 Å². The van der Waals surface area contributed by atoms with Crippen LogP contribution in [0, 0.1) is 15.5 Å². The van der Waals surface area contributed by atoms with Crippen LogP contribution in [0.1, 0.15) is 45.2 Å². The minimum atomic E-state index is -0.343. The van der Waals surface area contributed by atoms with E-state index < -0.39 is 0 Å². The molecule has 0 saturated carbocycles. The van der Waals surface area contributed by atoms with Crippen molar-refractivity contribution in [3.8, 4) is 0 Å². The Bertz CT molecular complexity index is 446. The Balaban J connectivity index is 2.68. The van der Waals surface area contributed by atoms with Gasteiger partial charge >= 0.3 is 0 Å². The standard InChI is InChI=1S/C15H24N2O3/c1-12(16-11-15(2,3)9-6-10-18)13-7-4-5-8-14(13)17(19)20/h4-5,7-8,12,16,18H,6,9-11H2,1-3H3. The first-order valence-corrected chi connectivity index (χ1v) is 6.95. The molecule has 1 aromatic carbocycles. The van der Waals surface area contributed by atoms with Crippen LogP contribution in [0.15, 0.2) is 24.3 Å². The van der Waals surface area contributed by atoms with Crippen molar-refractivity contribution in [2.45, 2.75) is 39.7 Å². The summed E-state index contributed by atoms with van der Waals surface area (Å²) in [5.41, 5.74) is 0.914. The van der Waals surface area contributed by atoms with E-state index in [2.05, 4.69) is 19.2 Å². The molecule has 0 heterocycles. The van der Waals surface area contributed by atoms with Gasteiger partial charge < -0.3 is 10.4 Å². The first-order chi connectivity index (χ1) is 9.37. The van der Waals surface area contributed by atoms with Crippen LogP contribution >= 0.6 is 0 Å². The molecule has 0 amide bonds. The normalized spacial score (nSPS) is 13.2. The summed E-state index contributed by atoms with van der Waals surface area (Å²) in [5.74, 6) is 0. The molecule has 0 radical (unpaired) electrons. The molecular weight excluding hydrogens is 256 g/mol. The summed E-state index contributed by atoms with van der Waals surface area (Å²) < 4.78 is 0. The van der Waals surface area contributed by atoms with Crippen molar-refractivity contribution in [3.63, 3.8) is 0 Å². The van der Waals surface area contributed by atoms with Gasteiger partial charge in [0.1, 0.15) is 0 Å². The van der Waals surface area contributed by atoms with Crippen molar-refractivity contribution >= 4 is 5.69 Å². The Morgan fingerprint density at radius 1 is 1.40 bits per heavy atom. The molecule has 20 heavy (non-hydrogen) atoms. The molecule has 1 unspecified atom stereocenters. The second kappa shape index (κ2) is 7.36. The molecule has 1 aromatic rings. The largest absolute Gasteiger partial charge is 0.396 e. The molecule has 1 atom stereocenters. The third-order valence-corrected chi connectivity index (χ3v) is 3.50. The van der Waals surface area contributed by atoms with E-state index >= 15 is 0 Å². The highest BCUT2D eigenvalue weighted by atomic mass is 16.6. The van der Waals surface area contributed by atoms with Crippen LogP contribution in [0.25, 0.3) is 0 Å². The fourth-order valence-corrected chi connectivity index (χ4v) is 2.21. The second-order valence-electron chi connectivity index (χ2n) is 5.91. The van der Waals surface area contributed by atoms with Gasteiger partial charge in [-0.1, -0.05) is 32.0 Å². The summed E-state index contributed by atoms with van der Waals surface area (Å²) in [6, 6.07) is 6.74. The van der Waals surface area contributed by atoms with E-state index in [1.807, 2.05) is 13.0 Å². The van der Waals surface area contributed by atoms with Crippen LogP contribution in [-0.4, -0.2) is 23.2 Å². The van der Waals surface area contributed by atoms with Crippen LogP contribution in [0.4, 0.5) is 5.69 Å². The number of hydrogen-bond acceptors (Lipinski definition) is 4. The fourth-order valence-electron chi connectivity index (χ4n) is 2.21. The molecule has 0 aromatic heterocycles. The molecule has 1 rings (SSSR count). The molecule has 0 spiro atoms. The van der Waals surface area contributed by atoms with Crippen LogP contribution in [0.5, 0.6) is 0 Å². The molecule has 5 nitrogen and oxygen atoms in total. The van der Waals surface area contributed by atoms with Gasteiger partial charge in [-0.2, -0.15) is 0 Å². The molecular formula is C15H24N2O3. The van der Waals surface area contributed by atoms with E-state index in [4.69, 9.17) is 5.11 Å². The maximum absolute atomic E-state index is 11.0. The minimum Gasteiger partial charge on any atom is -0.396 e. The average molecular weight is 280 g/mol. The van der Waals surface area contributed by atoms with Gasteiger partial charge in [0, 0.05) is 30.8 Å². The summed E-state index contributed by atoms with van der Waals surface area (Å²) >= 11 is 0. The lowest BCUT2D eigenvalue weighted by Gasteiger charge is -2.27. The van der Waals surface area contributed by atoms with Gasteiger partial charge in [0.15, 0.2) is 0 Å². The molecule has 0 fully saturated rings. The lowest BCUT2D eigenvalue weighted by Crippen LogP contribution is -2.31. The topological polar surface area (TPSA) is 75.4 Å². The lowest BCUT2D eigenvalue weighted by molar-refractivity contribution is -0.385. The van der Waals surface area contributed by atoms with Crippen molar-refractivity contribution < 1.29 is 10.0 Å². The molecule has 0 bridgehead atoms. The first kappa shape index (κ1) is 16.6. The second-order valence-corrected chi connectivity index (χ2v) is 5.91. The number of hydrogen-bond donors (Lipinski definition) is 2. The van der Waals surface area contributed by atoms with Crippen molar-refractivity contribution in [2.75, 3.05) is 13.2 Å². The van der Waals surface area contributed by atoms with E-state index in [1.54, 1.807) is 12.1 Å². The van der Waals surface area contributed by atoms with E-state index in [0.29, 0.717) is 5.56 Å². The molecule has 0 aliphatic carbocycles. The highest BCUT2D eigenvalue weighted by Gasteiger charge is 2.21. The Morgan fingerprint density at radius 3 is 2.65 bits per heavy atom. The number of nitrogens with one attached hydrogen (secondary N) is 1. The number of aliphatic hydroxyl groups excluding tert-OH is 1. The average Bonchev–Trinajstić information content (AvgIpc) is 2.42. The van der Waals surface area contributed by atoms with Crippen molar-refractivity contribution in [1.29, 1.82) is 0 Å². The number of para-hydroxylation sites is 1. The zero-order valence-electron chi connectivity index (χ0n) is 12.4. The van der Waals surface area contributed by atoms with Gasteiger partial charge in [-0.05, 0) is 25.2 Å². The predicted molar refractivity (Wildman–Crippen MR) is 79.6 cm³/mol. The minimum absolute atomic E-state index is 0.0561. The molecule has 0 saturated heterocycles. The quantitative estimate of drug-likeness (QED) is 0.567. The van der Waals surface area contributed by atoms with Crippen molar-refractivity contribution in [1.82, 2.24) is 5.32 Å². The third-order valence-electron chi connectivity index (χ3n) is 3.50. The molecule has 0 aliphatic rings. The number of rotatable bonds is 8. The van der Waals surface area contributed by atoms with Crippen LogP contribution in [0.3, 0.4) is 0 Å². The summed E-state index contributed by atoms with van der Waals surface area (Å²) in [6.07, 6.45) is 1.69. The summed E-state index contributed by atoms with van der Waals surface area (Å²) in [5, 5.41) is 23.3. The Morgan fingerprint density at radius 2 is 2.05 bits per heavy atom. The Kier molecular flexibility index (Phi) is 6.10. The zero-order chi connectivity index (χ0) is 15.2. The SMILES string of the molecule is CC(NCC(C)(C)CCCO)c1ccccc1[N+](=O)[O-]. The van der Waals surface area contributed by atoms with Gasteiger partial charge in [-0.25, -0.2) is 0 Å². The molecule has 5 heteroatoms. The Hall–Kier alpha value is -1.46. The molecule has 0 aliphatic heterocycles. The third kappa shape index (κ3) is 4.90. The summed E-state index contributed by atoms with van der Waals surface area (Å²) in [7, 11) is 0. The van der Waals surface area contributed by atoms with Crippen LogP contribution in [-0.2, 0) is 0 Å². The first-order valence-electron chi connectivity index (χ1n) is 6.95. The number of nitrogens with zero attached hydrogens (tertiary/aromatic N) is 1. The van der Waals surface area contributed by atoms with Crippen LogP contribution < -0.4 is 5.32 Å². The van der Waals surface area contributed by atoms with Gasteiger partial charge in [0.2, 0.25) is 0 Å². The van der Waals surface area contributed by atoms with Gasteiger partial charge in [0.25, 0.3) is 5.69 Å². The predicted octanol–water partition coefficient (Wildman–Crippen LogP) is 3.04. The number of nitro groups is 1. The maximum Gasteiger partial charge on any atom is 0.274 e. The summed E-state index contributed by atoms with van der Waals surface area (Å²) in [6.45, 7) is 7.14. The van der Waals surface area contributed by atoms with E-state index in [1.165, 1.54) is 6.07 Å². The number of aliphatic hydroxyl groups is 1. The van der Waals surface area contributed by atoms with Gasteiger partial charge in [-0.15, -0.1) is 0 Å².